The number of ether oxygens (including phenoxy) is 1. The van der Waals surface area contributed by atoms with Crippen LogP contribution in [-0.4, -0.2) is 38.8 Å². The predicted molar refractivity (Wildman–Crippen MR) is 55.1 cm³/mol. The monoisotopic (exact) mass is 200 g/mol. The second-order valence-corrected chi connectivity index (χ2v) is 3.89. The molecular formula is C10H20N2O2. The molecular weight excluding hydrogens is 180 g/mol. The minimum Gasteiger partial charge on any atom is -0.384 e. The van der Waals surface area contributed by atoms with Crippen molar-refractivity contribution >= 4 is 5.91 Å². The zero-order chi connectivity index (χ0) is 10.4. The molecule has 0 aromatic carbocycles. The highest BCUT2D eigenvalue weighted by atomic mass is 16.5. The molecule has 0 aromatic rings. The highest BCUT2D eigenvalue weighted by Gasteiger charge is 2.17. The molecule has 0 radical (unpaired) electrons. The van der Waals surface area contributed by atoms with Crippen LogP contribution < -0.4 is 10.6 Å². The van der Waals surface area contributed by atoms with Crippen molar-refractivity contribution in [3.8, 4) is 0 Å². The second-order valence-electron chi connectivity index (χ2n) is 3.89. The maximum atomic E-state index is 11.5. The first kappa shape index (κ1) is 11.5. The molecule has 2 N–H and O–H groups in total. The van der Waals surface area contributed by atoms with E-state index in [4.69, 9.17) is 4.74 Å². The summed E-state index contributed by atoms with van der Waals surface area (Å²) in [5.74, 6) is 0.0296. The van der Waals surface area contributed by atoms with Crippen molar-refractivity contribution in [3.05, 3.63) is 0 Å². The summed E-state index contributed by atoms with van der Waals surface area (Å²) in [6, 6.07) is 0.466. The van der Waals surface area contributed by atoms with Gasteiger partial charge < -0.3 is 15.4 Å². The van der Waals surface area contributed by atoms with Crippen LogP contribution in [0.4, 0.5) is 0 Å². The van der Waals surface area contributed by atoms with E-state index >= 15 is 0 Å². The summed E-state index contributed by atoms with van der Waals surface area (Å²) in [5.41, 5.74) is 0. The summed E-state index contributed by atoms with van der Waals surface area (Å²) < 4.78 is 4.92. The lowest BCUT2D eigenvalue weighted by molar-refractivity contribution is -0.126. The Labute approximate surface area is 85.4 Å². The number of methoxy groups -OCH3 is 1. The van der Waals surface area contributed by atoms with E-state index in [-0.39, 0.29) is 11.8 Å². The lowest BCUT2D eigenvalue weighted by Gasteiger charge is -2.14. The molecule has 0 bridgehead atoms. The molecule has 14 heavy (non-hydrogen) atoms. The van der Waals surface area contributed by atoms with Gasteiger partial charge in [-0.2, -0.15) is 0 Å². The first-order valence-corrected chi connectivity index (χ1v) is 5.24. The lowest BCUT2D eigenvalue weighted by Crippen LogP contribution is -2.40. The average molecular weight is 200 g/mol. The third-order valence-electron chi connectivity index (χ3n) is 2.55. The Morgan fingerprint density at radius 2 is 2.50 bits per heavy atom. The Morgan fingerprint density at radius 3 is 3.07 bits per heavy atom. The highest BCUT2D eigenvalue weighted by molar-refractivity contribution is 5.78. The molecule has 1 saturated heterocycles. The van der Waals surface area contributed by atoms with Gasteiger partial charge in [-0.25, -0.2) is 0 Å². The van der Waals surface area contributed by atoms with Crippen LogP contribution in [0, 0.1) is 5.92 Å². The van der Waals surface area contributed by atoms with Crippen LogP contribution in [0.15, 0.2) is 0 Å². The van der Waals surface area contributed by atoms with Crippen LogP contribution in [0.5, 0.6) is 0 Å². The molecule has 0 saturated carbocycles. The molecule has 0 spiro atoms. The summed E-state index contributed by atoms with van der Waals surface area (Å²) in [5, 5.41) is 6.26. The molecule has 0 aromatic heterocycles. The van der Waals surface area contributed by atoms with Crippen LogP contribution in [-0.2, 0) is 9.53 Å². The maximum absolute atomic E-state index is 11.5. The molecule has 1 rings (SSSR count). The minimum atomic E-state index is -0.0543. The molecule has 1 amide bonds. The van der Waals surface area contributed by atoms with Gasteiger partial charge in [0, 0.05) is 19.7 Å². The van der Waals surface area contributed by atoms with E-state index in [2.05, 4.69) is 10.6 Å². The third-order valence-corrected chi connectivity index (χ3v) is 2.55. The summed E-state index contributed by atoms with van der Waals surface area (Å²) in [6.45, 7) is 4.19. The maximum Gasteiger partial charge on any atom is 0.225 e. The van der Waals surface area contributed by atoms with Crippen molar-refractivity contribution in [2.45, 2.75) is 25.8 Å². The Balaban J connectivity index is 2.13. The van der Waals surface area contributed by atoms with E-state index in [1.54, 1.807) is 7.11 Å². The summed E-state index contributed by atoms with van der Waals surface area (Å²) in [4.78, 5) is 11.5. The Hall–Kier alpha value is -0.610. The number of carbonyl (C=O) groups excluding carboxylic acids is 1. The zero-order valence-electron chi connectivity index (χ0n) is 9.01. The predicted octanol–water partition coefficient (Wildman–Crippen LogP) is 0.137. The number of hydrogen-bond donors (Lipinski definition) is 2. The topological polar surface area (TPSA) is 50.4 Å². The van der Waals surface area contributed by atoms with Gasteiger partial charge in [-0.1, -0.05) is 6.92 Å². The van der Waals surface area contributed by atoms with Crippen molar-refractivity contribution in [1.29, 1.82) is 0 Å². The van der Waals surface area contributed by atoms with Gasteiger partial charge in [0.2, 0.25) is 5.91 Å². The van der Waals surface area contributed by atoms with Gasteiger partial charge in [0.25, 0.3) is 0 Å². The normalized spacial score (nSPS) is 23.4. The molecule has 1 fully saturated rings. The van der Waals surface area contributed by atoms with Crippen molar-refractivity contribution in [2.75, 3.05) is 26.8 Å². The van der Waals surface area contributed by atoms with Crippen LogP contribution in [0.25, 0.3) is 0 Å². The van der Waals surface area contributed by atoms with Gasteiger partial charge in [-0.05, 0) is 19.4 Å². The second kappa shape index (κ2) is 5.98. The fourth-order valence-corrected chi connectivity index (χ4v) is 1.65. The van der Waals surface area contributed by atoms with Crippen LogP contribution in [0.1, 0.15) is 19.8 Å². The number of nitrogens with one attached hydrogen (secondary N) is 2. The molecule has 4 nitrogen and oxygen atoms in total. The van der Waals surface area contributed by atoms with E-state index in [0.717, 1.165) is 13.1 Å². The van der Waals surface area contributed by atoms with E-state index in [0.29, 0.717) is 12.6 Å². The summed E-state index contributed by atoms with van der Waals surface area (Å²) in [7, 11) is 1.61. The van der Waals surface area contributed by atoms with E-state index < -0.39 is 0 Å². The standard InChI is InChI=1S/C10H20N2O2/c1-8(7-14-2)10(13)12-6-9-4-3-5-11-9/h8-9,11H,3-7H2,1-2H3,(H,12,13). The van der Waals surface area contributed by atoms with Crippen LogP contribution in [0.2, 0.25) is 0 Å². The molecule has 1 heterocycles. The summed E-state index contributed by atoms with van der Waals surface area (Å²) >= 11 is 0. The fourth-order valence-electron chi connectivity index (χ4n) is 1.65. The molecule has 2 atom stereocenters. The van der Waals surface area contributed by atoms with Crippen molar-refractivity contribution < 1.29 is 9.53 Å². The molecule has 4 heteroatoms. The van der Waals surface area contributed by atoms with Gasteiger partial charge in [-0.3, -0.25) is 4.79 Å². The van der Waals surface area contributed by atoms with Crippen molar-refractivity contribution in [3.63, 3.8) is 0 Å². The molecule has 82 valence electrons. The quantitative estimate of drug-likeness (QED) is 0.663. The van der Waals surface area contributed by atoms with Gasteiger partial charge in [0.1, 0.15) is 0 Å². The molecule has 1 aliphatic heterocycles. The van der Waals surface area contributed by atoms with Crippen molar-refractivity contribution in [2.24, 2.45) is 5.92 Å². The smallest absolute Gasteiger partial charge is 0.225 e. The largest absolute Gasteiger partial charge is 0.384 e. The molecule has 2 unspecified atom stereocenters. The van der Waals surface area contributed by atoms with E-state index in [9.17, 15) is 4.79 Å². The zero-order valence-corrected chi connectivity index (χ0v) is 9.01. The van der Waals surface area contributed by atoms with E-state index in [1.807, 2.05) is 6.92 Å². The van der Waals surface area contributed by atoms with Crippen LogP contribution >= 0.6 is 0 Å². The highest BCUT2D eigenvalue weighted by Crippen LogP contribution is 2.03. The number of amides is 1. The third kappa shape index (κ3) is 3.64. The number of rotatable bonds is 5. The molecule has 0 aliphatic carbocycles. The summed E-state index contributed by atoms with van der Waals surface area (Å²) in [6.07, 6.45) is 2.38. The SMILES string of the molecule is COCC(C)C(=O)NCC1CCCN1. The van der Waals surface area contributed by atoms with Gasteiger partial charge >= 0.3 is 0 Å². The van der Waals surface area contributed by atoms with Crippen molar-refractivity contribution in [1.82, 2.24) is 10.6 Å². The Morgan fingerprint density at radius 1 is 1.71 bits per heavy atom. The van der Waals surface area contributed by atoms with Gasteiger partial charge in [-0.15, -0.1) is 0 Å². The number of carbonyl (C=O) groups is 1. The lowest BCUT2D eigenvalue weighted by atomic mass is 10.1. The average Bonchev–Trinajstić information content (AvgIpc) is 2.67. The van der Waals surface area contributed by atoms with Crippen LogP contribution in [0.3, 0.4) is 0 Å². The first-order chi connectivity index (χ1) is 6.74. The van der Waals surface area contributed by atoms with E-state index in [1.165, 1.54) is 12.8 Å². The molecule has 1 aliphatic rings. The van der Waals surface area contributed by atoms with Gasteiger partial charge in [0.15, 0.2) is 0 Å². The number of hydrogen-bond acceptors (Lipinski definition) is 3. The van der Waals surface area contributed by atoms with Gasteiger partial charge in [0.05, 0.1) is 12.5 Å². The minimum absolute atomic E-state index is 0.0543. The fraction of sp³-hybridized carbons (Fsp3) is 0.900. The Kier molecular flexibility index (Phi) is 4.90. The first-order valence-electron chi connectivity index (χ1n) is 5.24. The Bertz CT molecular complexity index is 179.